The third-order valence-corrected chi connectivity index (χ3v) is 4.60. The Morgan fingerprint density at radius 1 is 1.30 bits per heavy atom. The molecule has 0 aliphatic carbocycles. The van der Waals surface area contributed by atoms with Gasteiger partial charge in [0.15, 0.2) is 11.6 Å². The van der Waals surface area contributed by atoms with E-state index in [4.69, 9.17) is 15.2 Å². The molecule has 3 aromatic rings. The van der Waals surface area contributed by atoms with Gasteiger partial charge in [0.25, 0.3) is 0 Å². The fourth-order valence-electron chi connectivity index (χ4n) is 2.94. The van der Waals surface area contributed by atoms with Crippen LogP contribution in [0.1, 0.15) is 19.7 Å². The summed E-state index contributed by atoms with van der Waals surface area (Å²) in [6, 6.07) is 8.33. The van der Waals surface area contributed by atoms with Crippen molar-refractivity contribution in [1.82, 2.24) is 14.9 Å². The van der Waals surface area contributed by atoms with E-state index in [9.17, 15) is 13.6 Å². The third kappa shape index (κ3) is 4.92. The molecule has 0 unspecified atom stereocenters. The fourth-order valence-corrected chi connectivity index (χ4v) is 2.94. The smallest absolute Gasteiger partial charge is 0.234 e. The Morgan fingerprint density at radius 2 is 2.10 bits per heavy atom. The predicted molar refractivity (Wildman–Crippen MR) is 108 cm³/mol. The van der Waals surface area contributed by atoms with Gasteiger partial charge in [-0.15, -0.1) is 0 Å². The number of nitrogens with two attached hydrogens (primary N) is 1. The van der Waals surface area contributed by atoms with E-state index in [2.05, 4.69) is 10.3 Å². The Labute approximate surface area is 172 Å². The Morgan fingerprint density at radius 3 is 2.83 bits per heavy atom. The van der Waals surface area contributed by atoms with Crippen molar-refractivity contribution in [2.24, 2.45) is 5.73 Å². The maximum Gasteiger partial charge on any atom is 0.234 e. The monoisotopic (exact) mass is 418 g/mol. The minimum Gasteiger partial charge on any atom is -0.454 e. The summed E-state index contributed by atoms with van der Waals surface area (Å²) >= 11 is 0. The lowest BCUT2D eigenvalue weighted by molar-refractivity contribution is -0.119. The number of rotatable bonds is 10. The Kier molecular flexibility index (Phi) is 6.96. The lowest BCUT2D eigenvalue weighted by atomic mass is 10.3. The van der Waals surface area contributed by atoms with Crippen LogP contribution in [0.4, 0.5) is 8.78 Å². The third-order valence-electron chi connectivity index (χ3n) is 4.60. The van der Waals surface area contributed by atoms with Gasteiger partial charge in [-0.1, -0.05) is 6.07 Å². The molecule has 0 aliphatic heterocycles. The van der Waals surface area contributed by atoms with Crippen LogP contribution in [-0.4, -0.2) is 34.7 Å². The summed E-state index contributed by atoms with van der Waals surface area (Å²) in [7, 11) is 0. The number of carbonyl (C=O) groups excluding carboxylic acids is 1. The van der Waals surface area contributed by atoms with E-state index in [0.717, 1.165) is 11.6 Å². The highest BCUT2D eigenvalue weighted by atomic mass is 19.2. The molecule has 160 valence electrons. The Balaban J connectivity index is 1.92. The topological polar surface area (TPSA) is 91.4 Å². The van der Waals surface area contributed by atoms with E-state index < -0.39 is 23.6 Å². The quantitative estimate of drug-likeness (QED) is 0.494. The summed E-state index contributed by atoms with van der Waals surface area (Å²) in [4.78, 5) is 15.9. The molecule has 30 heavy (non-hydrogen) atoms. The molecule has 0 bridgehead atoms. The summed E-state index contributed by atoms with van der Waals surface area (Å²) in [5.41, 5.74) is 6.74. The summed E-state index contributed by atoms with van der Waals surface area (Å²) in [5, 5.41) is 3.04. The van der Waals surface area contributed by atoms with Gasteiger partial charge in [0.05, 0.1) is 30.2 Å². The molecule has 0 saturated heterocycles. The molecule has 2 aromatic carbocycles. The van der Waals surface area contributed by atoms with Crippen molar-refractivity contribution >= 4 is 16.9 Å². The number of hydrogen-bond donors (Lipinski definition) is 2. The lowest BCUT2D eigenvalue weighted by Gasteiger charge is -2.13. The first kappa shape index (κ1) is 21.7. The molecular formula is C21H24F2N4O3. The average Bonchev–Trinajstić information content (AvgIpc) is 3.06. The van der Waals surface area contributed by atoms with Crippen molar-refractivity contribution < 1.29 is 23.0 Å². The van der Waals surface area contributed by atoms with Crippen LogP contribution >= 0.6 is 0 Å². The summed E-state index contributed by atoms with van der Waals surface area (Å²) in [6.07, 6.45) is 0. The van der Waals surface area contributed by atoms with Gasteiger partial charge in [0.2, 0.25) is 11.7 Å². The molecule has 1 amide bonds. The fraction of sp³-hybridized carbons (Fsp3) is 0.333. The van der Waals surface area contributed by atoms with Crippen LogP contribution in [0.2, 0.25) is 0 Å². The molecule has 0 fully saturated rings. The molecule has 0 radical (unpaired) electrons. The number of carbonyl (C=O) groups is 1. The molecule has 9 heteroatoms. The zero-order valence-electron chi connectivity index (χ0n) is 16.8. The number of imidazole rings is 1. The predicted octanol–water partition coefficient (Wildman–Crippen LogP) is 3.11. The largest absolute Gasteiger partial charge is 0.454 e. The molecule has 0 aliphatic rings. The van der Waals surface area contributed by atoms with E-state index in [0.29, 0.717) is 43.4 Å². The van der Waals surface area contributed by atoms with E-state index >= 15 is 0 Å². The van der Waals surface area contributed by atoms with Gasteiger partial charge in [-0.2, -0.15) is 4.39 Å². The van der Waals surface area contributed by atoms with Crippen molar-refractivity contribution in [2.45, 2.75) is 33.0 Å². The van der Waals surface area contributed by atoms with Crippen molar-refractivity contribution in [3.8, 4) is 11.5 Å². The first-order valence-electron chi connectivity index (χ1n) is 9.62. The number of hydrogen-bond acceptors (Lipinski definition) is 5. The van der Waals surface area contributed by atoms with Crippen LogP contribution in [0.15, 0.2) is 36.4 Å². The maximum absolute atomic E-state index is 14.0. The van der Waals surface area contributed by atoms with Crippen LogP contribution in [-0.2, 0) is 22.6 Å². The zero-order chi connectivity index (χ0) is 21.7. The lowest BCUT2D eigenvalue weighted by Crippen LogP contribution is -2.38. The van der Waals surface area contributed by atoms with E-state index in [1.54, 1.807) is 25.1 Å². The molecule has 0 saturated carbocycles. The van der Waals surface area contributed by atoms with Gasteiger partial charge in [0, 0.05) is 19.2 Å². The SMILES string of the molecule is CCOCCn1c(CN[C@@H](C)C(N)=O)nc2ccc(Oc3cccc(F)c3F)cc21. The molecule has 0 spiro atoms. The van der Waals surface area contributed by atoms with Crippen LogP contribution in [0.5, 0.6) is 11.5 Å². The minimum absolute atomic E-state index is 0.202. The molecule has 1 atom stereocenters. The maximum atomic E-state index is 14.0. The number of aromatic nitrogens is 2. The van der Waals surface area contributed by atoms with Crippen LogP contribution < -0.4 is 15.8 Å². The second-order valence-corrected chi connectivity index (χ2v) is 6.69. The normalized spacial score (nSPS) is 12.3. The summed E-state index contributed by atoms with van der Waals surface area (Å²) < 4.78 is 40.4. The van der Waals surface area contributed by atoms with E-state index in [1.165, 1.54) is 12.1 Å². The number of halogens is 2. The first-order valence-corrected chi connectivity index (χ1v) is 9.62. The second-order valence-electron chi connectivity index (χ2n) is 6.69. The summed E-state index contributed by atoms with van der Waals surface area (Å²) in [5.74, 6) is -1.66. The number of nitrogens with zero attached hydrogens (tertiary/aromatic N) is 2. The average molecular weight is 418 g/mol. The van der Waals surface area contributed by atoms with Gasteiger partial charge in [-0.3, -0.25) is 10.1 Å². The summed E-state index contributed by atoms with van der Waals surface area (Å²) in [6.45, 7) is 5.46. The number of amides is 1. The highest BCUT2D eigenvalue weighted by Crippen LogP contribution is 2.29. The molecule has 1 aromatic heterocycles. The number of fused-ring (bicyclic) bond motifs is 1. The van der Waals surface area contributed by atoms with E-state index in [1.807, 2.05) is 11.5 Å². The van der Waals surface area contributed by atoms with Gasteiger partial charge in [-0.05, 0) is 38.1 Å². The highest BCUT2D eigenvalue weighted by molar-refractivity contribution is 5.79. The first-order chi connectivity index (χ1) is 14.4. The molecule has 3 rings (SSSR count). The van der Waals surface area contributed by atoms with Crippen molar-refractivity contribution in [1.29, 1.82) is 0 Å². The van der Waals surface area contributed by atoms with Gasteiger partial charge in [-0.25, -0.2) is 9.37 Å². The number of ether oxygens (including phenoxy) is 2. The van der Waals surface area contributed by atoms with Crippen molar-refractivity contribution in [3.05, 3.63) is 53.9 Å². The van der Waals surface area contributed by atoms with Crippen molar-refractivity contribution in [2.75, 3.05) is 13.2 Å². The number of primary amides is 1. The number of benzene rings is 2. The Bertz CT molecular complexity index is 1040. The van der Waals surface area contributed by atoms with Crippen LogP contribution in [0.3, 0.4) is 0 Å². The van der Waals surface area contributed by atoms with Crippen LogP contribution in [0, 0.1) is 11.6 Å². The van der Waals surface area contributed by atoms with Crippen molar-refractivity contribution in [3.63, 3.8) is 0 Å². The second kappa shape index (κ2) is 9.64. The standard InChI is InChI=1S/C21H24F2N4O3/c1-3-29-10-9-27-17-11-14(30-18-6-4-5-15(22)20(18)23)7-8-16(17)26-19(27)12-25-13(2)21(24)28/h4-8,11,13,25H,3,9-10,12H2,1-2H3,(H2,24,28)/t13-/m0/s1. The van der Waals surface area contributed by atoms with Gasteiger partial charge >= 0.3 is 0 Å². The molecular weight excluding hydrogens is 394 g/mol. The van der Waals surface area contributed by atoms with Gasteiger partial charge in [0.1, 0.15) is 11.6 Å². The molecule has 7 nitrogen and oxygen atoms in total. The minimum atomic E-state index is -1.05. The molecule has 1 heterocycles. The van der Waals surface area contributed by atoms with E-state index in [-0.39, 0.29) is 5.75 Å². The van der Waals surface area contributed by atoms with Gasteiger partial charge < -0.3 is 19.8 Å². The number of nitrogens with one attached hydrogen (secondary N) is 1. The van der Waals surface area contributed by atoms with Crippen LogP contribution in [0.25, 0.3) is 11.0 Å². The zero-order valence-corrected chi connectivity index (χ0v) is 16.8. The Hall–Kier alpha value is -3.04. The highest BCUT2D eigenvalue weighted by Gasteiger charge is 2.16. The molecule has 3 N–H and O–H groups in total.